The van der Waals surface area contributed by atoms with Gasteiger partial charge in [-0.05, 0) is 16.5 Å². The summed E-state index contributed by atoms with van der Waals surface area (Å²) in [5.74, 6) is -0.156. The molecule has 0 saturated carbocycles. The molecule has 0 spiro atoms. The molecule has 0 fully saturated rings. The Bertz CT molecular complexity index is 406. The number of nitrogens with one attached hydrogen (secondary N) is 2. The quantitative estimate of drug-likeness (QED) is 0.649. The average Bonchev–Trinajstić information content (AvgIpc) is 2.86. The Labute approximate surface area is 84.7 Å². The third kappa shape index (κ3) is 2.59. The van der Waals surface area contributed by atoms with Gasteiger partial charge in [-0.1, -0.05) is 0 Å². The zero-order chi connectivity index (χ0) is 10.5. The minimum Gasteiger partial charge on any atom is -0.349 e. The molecule has 0 aliphatic rings. The van der Waals surface area contributed by atoms with Gasteiger partial charge in [-0.2, -0.15) is 5.10 Å². The minimum absolute atomic E-state index is 0.112. The number of rotatable bonds is 4. The molecule has 8 heteroatoms. The highest BCUT2D eigenvalue weighted by atomic mass is 16.2. The summed E-state index contributed by atoms with van der Waals surface area (Å²) >= 11 is 0. The first kappa shape index (κ1) is 9.31. The van der Waals surface area contributed by atoms with E-state index in [1.165, 1.54) is 11.0 Å². The summed E-state index contributed by atoms with van der Waals surface area (Å²) in [7, 11) is 0. The highest BCUT2D eigenvalue weighted by Gasteiger charge is 2.03. The smallest absolute Gasteiger partial charge is 0.242 e. The van der Waals surface area contributed by atoms with Crippen molar-refractivity contribution in [1.82, 2.24) is 35.7 Å². The normalized spacial score (nSPS) is 10.1. The van der Waals surface area contributed by atoms with Gasteiger partial charge < -0.3 is 5.32 Å². The lowest BCUT2D eigenvalue weighted by molar-refractivity contribution is -0.122. The molecular formula is C7H9N7O. The van der Waals surface area contributed by atoms with Crippen LogP contribution in [-0.4, -0.2) is 36.3 Å². The summed E-state index contributed by atoms with van der Waals surface area (Å²) < 4.78 is 1.35. The lowest BCUT2D eigenvalue weighted by Gasteiger charge is -2.02. The maximum atomic E-state index is 11.3. The van der Waals surface area contributed by atoms with E-state index in [4.69, 9.17) is 0 Å². The maximum Gasteiger partial charge on any atom is 0.242 e. The average molecular weight is 207 g/mol. The number of hydrogen-bond donors (Lipinski definition) is 2. The lowest BCUT2D eigenvalue weighted by atomic mass is 10.4. The van der Waals surface area contributed by atoms with E-state index in [1.54, 1.807) is 12.3 Å². The molecule has 15 heavy (non-hydrogen) atoms. The summed E-state index contributed by atoms with van der Waals surface area (Å²) in [5, 5.41) is 19.6. The molecule has 2 rings (SSSR count). The first-order chi connectivity index (χ1) is 7.34. The third-order valence-corrected chi connectivity index (χ3v) is 1.73. The molecule has 1 amide bonds. The fraction of sp³-hybridized carbons (Fsp3) is 0.286. The standard InChI is InChI=1S/C7H9N7O/c15-7(4-14-5-10-12-13-14)8-3-6-1-2-9-11-6/h1-2,5H,3-4H2,(H,8,15)(H,9,11). The van der Waals surface area contributed by atoms with Crippen LogP contribution in [0.5, 0.6) is 0 Å². The Morgan fingerprint density at radius 3 is 3.20 bits per heavy atom. The first-order valence-corrected chi connectivity index (χ1v) is 4.30. The van der Waals surface area contributed by atoms with E-state index in [0.29, 0.717) is 6.54 Å². The van der Waals surface area contributed by atoms with E-state index < -0.39 is 0 Å². The summed E-state index contributed by atoms with van der Waals surface area (Å²) in [6.07, 6.45) is 3.01. The van der Waals surface area contributed by atoms with Crippen molar-refractivity contribution >= 4 is 5.91 Å². The zero-order valence-corrected chi connectivity index (χ0v) is 7.79. The Morgan fingerprint density at radius 2 is 2.53 bits per heavy atom. The van der Waals surface area contributed by atoms with Gasteiger partial charge in [0, 0.05) is 6.20 Å². The van der Waals surface area contributed by atoms with Crippen molar-refractivity contribution < 1.29 is 4.79 Å². The van der Waals surface area contributed by atoms with Gasteiger partial charge in [0.25, 0.3) is 0 Å². The highest BCUT2D eigenvalue weighted by Crippen LogP contribution is 1.89. The number of aromatic amines is 1. The second-order valence-corrected chi connectivity index (χ2v) is 2.87. The summed E-state index contributed by atoms with van der Waals surface area (Å²) in [6, 6.07) is 1.79. The van der Waals surface area contributed by atoms with E-state index in [-0.39, 0.29) is 12.5 Å². The summed E-state index contributed by atoms with van der Waals surface area (Å²) in [4.78, 5) is 11.3. The molecule has 0 aromatic carbocycles. The Kier molecular flexibility index (Phi) is 2.68. The molecule has 8 nitrogen and oxygen atoms in total. The van der Waals surface area contributed by atoms with Crippen LogP contribution in [0.1, 0.15) is 5.69 Å². The van der Waals surface area contributed by atoms with Crippen LogP contribution in [0.2, 0.25) is 0 Å². The van der Waals surface area contributed by atoms with Crippen LogP contribution < -0.4 is 5.32 Å². The molecule has 0 aliphatic heterocycles. The summed E-state index contributed by atoms with van der Waals surface area (Å²) in [5.41, 5.74) is 0.847. The zero-order valence-electron chi connectivity index (χ0n) is 7.79. The van der Waals surface area contributed by atoms with Crippen LogP contribution >= 0.6 is 0 Å². The van der Waals surface area contributed by atoms with Crippen molar-refractivity contribution in [2.24, 2.45) is 0 Å². The molecule has 2 aromatic rings. The number of nitrogens with zero attached hydrogens (tertiary/aromatic N) is 5. The molecule has 2 aromatic heterocycles. The summed E-state index contributed by atoms with van der Waals surface area (Å²) in [6.45, 7) is 0.530. The minimum atomic E-state index is -0.156. The fourth-order valence-electron chi connectivity index (χ4n) is 1.03. The van der Waals surface area contributed by atoms with Crippen molar-refractivity contribution in [2.45, 2.75) is 13.1 Å². The molecule has 0 bridgehead atoms. The van der Waals surface area contributed by atoms with Crippen LogP contribution in [0.15, 0.2) is 18.6 Å². The predicted octanol–water partition coefficient (Wildman–Crippen LogP) is -1.29. The Morgan fingerprint density at radius 1 is 1.60 bits per heavy atom. The van der Waals surface area contributed by atoms with E-state index >= 15 is 0 Å². The molecule has 0 unspecified atom stereocenters. The largest absolute Gasteiger partial charge is 0.349 e. The van der Waals surface area contributed by atoms with E-state index in [2.05, 4.69) is 31.0 Å². The molecule has 0 radical (unpaired) electrons. The van der Waals surface area contributed by atoms with Gasteiger partial charge in [0.1, 0.15) is 12.9 Å². The molecular weight excluding hydrogens is 198 g/mol. The van der Waals surface area contributed by atoms with Crippen molar-refractivity contribution in [3.05, 3.63) is 24.3 Å². The van der Waals surface area contributed by atoms with Crippen LogP contribution in [0, 0.1) is 0 Å². The van der Waals surface area contributed by atoms with Crippen molar-refractivity contribution in [1.29, 1.82) is 0 Å². The van der Waals surface area contributed by atoms with Crippen LogP contribution in [0.3, 0.4) is 0 Å². The van der Waals surface area contributed by atoms with Gasteiger partial charge in [0.2, 0.25) is 5.91 Å². The number of carbonyl (C=O) groups excluding carboxylic acids is 1. The van der Waals surface area contributed by atoms with Crippen molar-refractivity contribution in [2.75, 3.05) is 0 Å². The van der Waals surface area contributed by atoms with Gasteiger partial charge in [0.15, 0.2) is 0 Å². The van der Waals surface area contributed by atoms with E-state index in [9.17, 15) is 4.79 Å². The van der Waals surface area contributed by atoms with Crippen molar-refractivity contribution in [3.8, 4) is 0 Å². The topological polar surface area (TPSA) is 101 Å². The maximum absolute atomic E-state index is 11.3. The number of aromatic nitrogens is 6. The van der Waals surface area contributed by atoms with Crippen LogP contribution in [-0.2, 0) is 17.9 Å². The monoisotopic (exact) mass is 207 g/mol. The van der Waals surface area contributed by atoms with Crippen LogP contribution in [0.4, 0.5) is 0 Å². The predicted molar refractivity (Wildman–Crippen MR) is 48.3 cm³/mol. The van der Waals surface area contributed by atoms with Gasteiger partial charge in [-0.15, -0.1) is 5.10 Å². The number of tetrazole rings is 1. The molecule has 78 valence electrons. The van der Waals surface area contributed by atoms with Gasteiger partial charge in [-0.3, -0.25) is 9.89 Å². The molecule has 2 N–H and O–H groups in total. The van der Waals surface area contributed by atoms with Gasteiger partial charge in [-0.25, -0.2) is 4.68 Å². The number of carbonyl (C=O) groups is 1. The Balaban J connectivity index is 1.78. The lowest BCUT2D eigenvalue weighted by Crippen LogP contribution is -2.27. The Hall–Kier alpha value is -2.25. The first-order valence-electron chi connectivity index (χ1n) is 4.30. The van der Waals surface area contributed by atoms with E-state index in [0.717, 1.165) is 5.69 Å². The molecule has 2 heterocycles. The number of H-pyrrole nitrogens is 1. The SMILES string of the molecule is O=C(Cn1cnnn1)NCc1ccn[nH]1. The molecule has 0 aliphatic carbocycles. The highest BCUT2D eigenvalue weighted by molar-refractivity contribution is 5.75. The van der Waals surface area contributed by atoms with Crippen molar-refractivity contribution in [3.63, 3.8) is 0 Å². The second-order valence-electron chi connectivity index (χ2n) is 2.87. The number of amides is 1. The van der Waals surface area contributed by atoms with Gasteiger partial charge in [0.05, 0.1) is 12.2 Å². The molecule has 0 saturated heterocycles. The number of hydrogen-bond acceptors (Lipinski definition) is 5. The second kappa shape index (κ2) is 4.31. The fourth-order valence-corrected chi connectivity index (χ4v) is 1.03. The van der Waals surface area contributed by atoms with Crippen LogP contribution in [0.25, 0.3) is 0 Å². The van der Waals surface area contributed by atoms with Gasteiger partial charge >= 0.3 is 0 Å². The van der Waals surface area contributed by atoms with E-state index in [1.807, 2.05) is 0 Å². The molecule has 0 atom stereocenters. The third-order valence-electron chi connectivity index (χ3n) is 1.73.